The molecular weight excluding hydrogens is 737 g/mol. The zero-order valence-electron chi connectivity index (χ0n) is 34.0. The van der Waals surface area contributed by atoms with Crippen LogP contribution >= 0.6 is 0 Å². The molecule has 13 rings (SSSR count). The molecule has 0 unspecified atom stereocenters. The van der Waals surface area contributed by atoms with Crippen LogP contribution in [0.25, 0.3) is 66.3 Å². The highest BCUT2D eigenvalue weighted by Gasteiger charge is 2.51. The van der Waals surface area contributed by atoms with Crippen molar-refractivity contribution in [3.05, 3.63) is 240 Å². The maximum Gasteiger partial charge on any atom is 0.0788 e. The molecule has 3 aliphatic rings. The molecule has 0 fully saturated rings. The highest BCUT2D eigenvalue weighted by molar-refractivity contribution is 6.11. The second kappa shape index (κ2) is 12.5. The van der Waals surface area contributed by atoms with Crippen LogP contribution in [0.2, 0.25) is 0 Å². The number of para-hydroxylation sites is 1. The summed E-state index contributed by atoms with van der Waals surface area (Å²) >= 11 is 0. The van der Waals surface area contributed by atoms with E-state index in [0.717, 1.165) is 39.2 Å². The highest BCUT2D eigenvalue weighted by atomic mass is 15.1. The number of pyridine rings is 1. The lowest BCUT2D eigenvalue weighted by Crippen LogP contribution is -2.25. The molecule has 61 heavy (non-hydrogen) atoms. The van der Waals surface area contributed by atoms with Gasteiger partial charge in [0.25, 0.3) is 0 Å². The van der Waals surface area contributed by atoms with Gasteiger partial charge >= 0.3 is 0 Å². The minimum absolute atomic E-state index is 0.132. The molecule has 9 aromatic carbocycles. The zero-order chi connectivity index (χ0) is 40.5. The van der Waals surface area contributed by atoms with Gasteiger partial charge in [0, 0.05) is 38.8 Å². The normalized spacial score (nSPS) is 14.3. The molecule has 0 amide bonds. The monoisotopic (exact) mass is 776 g/mol. The number of fused-ring (bicyclic) bond motifs is 16. The Labute approximate surface area is 356 Å². The number of aromatic nitrogens is 1. The van der Waals surface area contributed by atoms with Crippen LogP contribution in [-0.2, 0) is 10.8 Å². The summed E-state index contributed by atoms with van der Waals surface area (Å²) in [6.07, 6.45) is 0. The Bertz CT molecular complexity index is 3420. The van der Waals surface area contributed by atoms with Crippen LogP contribution in [-0.4, -0.2) is 4.98 Å². The van der Waals surface area contributed by atoms with Crippen LogP contribution in [0.15, 0.2) is 206 Å². The van der Waals surface area contributed by atoms with Gasteiger partial charge in [-0.1, -0.05) is 178 Å². The zero-order valence-corrected chi connectivity index (χ0v) is 34.0. The predicted octanol–water partition coefficient (Wildman–Crippen LogP) is 15.2. The third-order valence-electron chi connectivity index (χ3n) is 14.1. The van der Waals surface area contributed by atoms with Crippen molar-refractivity contribution in [2.24, 2.45) is 0 Å². The lowest BCUT2D eigenvalue weighted by Gasteiger charge is -2.31. The third kappa shape index (κ3) is 4.59. The highest BCUT2D eigenvalue weighted by Crippen LogP contribution is 2.63. The first-order chi connectivity index (χ1) is 30.0. The van der Waals surface area contributed by atoms with Crippen molar-refractivity contribution in [3.63, 3.8) is 0 Å². The Hall–Kier alpha value is -7.55. The summed E-state index contributed by atoms with van der Waals surface area (Å²) in [5.41, 5.74) is 21.9. The van der Waals surface area contributed by atoms with Crippen molar-refractivity contribution in [2.45, 2.75) is 24.7 Å². The Morgan fingerprint density at radius 2 is 0.803 bits per heavy atom. The van der Waals surface area contributed by atoms with E-state index in [0.29, 0.717) is 0 Å². The van der Waals surface area contributed by atoms with Gasteiger partial charge in [-0.2, -0.15) is 0 Å². The number of nitrogens with zero attached hydrogens (tertiary/aromatic N) is 2. The van der Waals surface area contributed by atoms with Crippen LogP contribution < -0.4 is 4.90 Å². The summed E-state index contributed by atoms with van der Waals surface area (Å²) < 4.78 is 0. The van der Waals surface area contributed by atoms with Crippen molar-refractivity contribution in [1.82, 2.24) is 4.98 Å². The number of benzene rings is 9. The second-order valence-corrected chi connectivity index (χ2v) is 17.4. The SMILES string of the molecule is CC1(C)c2ccccc2-c2ccc(N(c3ccc(-c4nc5ccccc5c5ccccc45)cc3)c3ccc4c(c3)-c3ccccc3C43c4ccccc4-c4ccccc43)cc21. The van der Waals surface area contributed by atoms with Gasteiger partial charge in [0.2, 0.25) is 0 Å². The maximum atomic E-state index is 5.25. The van der Waals surface area contributed by atoms with Crippen LogP contribution in [0, 0.1) is 0 Å². The first-order valence-corrected chi connectivity index (χ1v) is 21.4. The summed E-state index contributed by atoms with van der Waals surface area (Å²) in [4.78, 5) is 7.71. The molecule has 286 valence electrons. The fourth-order valence-electron chi connectivity index (χ4n) is 11.4. The third-order valence-corrected chi connectivity index (χ3v) is 14.1. The number of hydrogen-bond acceptors (Lipinski definition) is 2. The van der Waals surface area contributed by atoms with Gasteiger partial charge in [0.05, 0.1) is 16.6 Å². The first kappa shape index (κ1) is 34.3. The van der Waals surface area contributed by atoms with Crippen molar-refractivity contribution >= 4 is 38.7 Å². The standard InChI is InChI=1S/C59H40N2/c1-58(2)50-22-10-5-16-42(50)46-33-31-40(36-55(46)58)61(38-29-27-37(28-30-38)57-48-21-4-3-15-41(48)47-20-9-14-26-56(47)60-57)39-32-34-54-49(35-39)45-19-8-13-25-53(45)59(54)51-23-11-6-17-43(51)44-18-7-12-24-52(44)59/h3-36H,1-2H3. The van der Waals surface area contributed by atoms with E-state index in [1.807, 2.05) is 0 Å². The number of rotatable bonds is 4. The van der Waals surface area contributed by atoms with Crippen molar-refractivity contribution in [1.29, 1.82) is 0 Å². The summed E-state index contributed by atoms with van der Waals surface area (Å²) in [6, 6.07) is 76.6. The van der Waals surface area contributed by atoms with E-state index >= 15 is 0 Å². The van der Waals surface area contributed by atoms with Crippen LogP contribution in [0.5, 0.6) is 0 Å². The quantitative estimate of drug-likeness (QED) is 0.166. The number of hydrogen-bond donors (Lipinski definition) is 0. The fraction of sp³-hybridized carbons (Fsp3) is 0.0678. The molecule has 0 radical (unpaired) electrons. The lowest BCUT2D eigenvalue weighted by molar-refractivity contribution is 0.660. The molecule has 2 nitrogen and oxygen atoms in total. The minimum Gasteiger partial charge on any atom is -0.310 e. The van der Waals surface area contributed by atoms with E-state index in [1.54, 1.807) is 0 Å². The van der Waals surface area contributed by atoms with E-state index < -0.39 is 0 Å². The molecule has 1 spiro atoms. The van der Waals surface area contributed by atoms with E-state index in [4.69, 9.17) is 4.98 Å². The maximum absolute atomic E-state index is 5.25. The molecule has 0 saturated heterocycles. The van der Waals surface area contributed by atoms with Crippen molar-refractivity contribution < 1.29 is 0 Å². The molecule has 3 aliphatic carbocycles. The van der Waals surface area contributed by atoms with Crippen molar-refractivity contribution in [2.75, 3.05) is 4.90 Å². The fourth-order valence-corrected chi connectivity index (χ4v) is 11.4. The topological polar surface area (TPSA) is 16.1 Å². The van der Waals surface area contributed by atoms with Crippen LogP contribution in [0.4, 0.5) is 17.1 Å². The first-order valence-electron chi connectivity index (χ1n) is 21.4. The van der Waals surface area contributed by atoms with Gasteiger partial charge in [-0.05, 0) is 115 Å². The van der Waals surface area contributed by atoms with Crippen LogP contribution in [0.3, 0.4) is 0 Å². The van der Waals surface area contributed by atoms with E-state index in [9.17, 15) is 0 Å². The van der Waals surface area contributed by atoms with Gasteiger partial charge in [0.15, 0.2) is 0 Å². The molecule has 1 aromatic heterocycles. The molecule has 0 aliphatic heterocycles. The van der Waals surface area contributed by atoms with Gasteiger partial charge in [-0.15, -0.1) is 0 Å². The molecule has 0 N–H and O–H groups in total. The minimum atomic E-state index is -0.386. The molecule has 0 atom stereocenters. The van der Waals surface area contributed by atoms with Crippen LogP contribution in [0.1, 0.15) is 47.2 Å². The summed E-state index contributed by atoms with van der Waals surface area (Å²) in [5, 5.41) is 3.56. The molecular formula is C59H40N2. The smallest absolute Gasteiger partial charge is 0.0788 e. The van der Waals surface area contributed by atoms with Gasteiger partial charge in [-0.3, -0.25) is 0 Å². The Morgan fingerprint density at radius 1 is 0.344 bits per heavy atom. The van der Waals surface area contributed by atoms with Gasteiger partial charge < -0.3 is 4.90 Å². The average molecular weight is 777 g/mol. The van der Waals surface area contributed by atoms with Gasteiger partial charge in [-0.25, -0.2) is 4.98 Å². The average Bonchev–Trinajstić information content (AvgIpc) is 3.87. The van der Waals surface area contributed by atoms with E-state index in [-0.39, 0.29) is 10.8 Å². The second-order valence-electron chi connectivity index (χ2n) is 17.4. The number of anilines is 3. The summed E-state index contributed by atoms with van der Waals surface area (Å²) in [5.74, 6) is 0. The molecule has 0 saturated carbocycles. The van der Waals surface area contributed by atoms with E-state index in [2.05, 4.69) is 225 Å². The molecule has 0 bridgehead atoms. The summed E-state index contributed by atoms with van der Waals surface area (Å²) in [6.45, 7) is 4.73. The summed E-state index contributed by atoms with van der Waals surface area (Å²) in [7, 11) is 0. The van der Waals surface area contributed by atoms with Gasteiger partial charge in [0.1, 0.15) is 0 Å². The lowest BCUT2D eigenvalue weighted by atomic mass is 9.70. The Kier molecular flexibility index (Phi) is 7.03. The molecule has 2 heteroatoms. The Morgan fingerprint density at radius 3 is 1.48 bits per heavy atom. The Balaban J connectivity index is 1.02. The van der Waals surface area contributed by atoms with E-state index in [1.165, 1.54) is 77.5 Å². The largest absolute Gasteiger partial charge is 0.310 e. The molecule has 10 aromatic rings. The van der Waals surface area contributed by atoms with Crippen molar-refractivity contribution in [3.8, 4) is 44.6 Å². The molecule has 1 heterocycles. The predicted molar refractivity (Wildman–Crippen MR) is 253 cm³/mol.